The van der Waals surface area contributed by atoms with Crippen LogP contribution in [0.4, 0.5) is 5.69 Å². The van der Waals surface area contributed by atoms with E-state index in [1.165, 1.54) is 17.7 Å². The number of hydrogen-bond donors (Lipinski definition) is 1. The number of nitrogens with one attached hydrogen (secondary N) is 1. The Labute approximate surface area is 130 Å². The van der Waals surface area contributed by atoms with Crippen LogP contribution in [0, 0.1) is 5.41 Å². The second kappa shape index (κ2) is 6.65. The maximum atomic E-state index is 3.53. The quantitative estimate of drug-likeness (QED) is 0.817. The van der Waals surface area contributed by atoms with Crippen LogP contribution in [0.15, 0.2) is 35.9 Å². The van der Waals surface area contributed by atoms with Gasteiger partial charge in [0.1, 0.15) is 0 Å². The summed E-state index contributed by atoms with van der Waals surface area (Å²) in [7, 11) is 0. The van der Waals surface area contributed by atoms with Crippen molar-refractivity contribution in [2.24, 2.45) is 5.41 Å². The zero-order chi connectivity index (χ0) is 15.5. The molecule has 0 bridgehead atoms. The molecule has 2 rings (SSSR count). The lowest BCUT2D eigenvalue weighted by Crippen LogP contribution is -2.32. The summed E-state index contributed by atoms with van der Waals surface area (Å²) in [5.41, 5.74) is 4.70. The lowest BCUT2D eigenvalue weighted by Gasteiger charge is -2.35. The molecule has 0 saturated carbocycles. The molecule has 1 atom stereocenters. The van der Waals surface area contributed by atoms with Gasteiger partial charge in [-0.05, 0) is 36.9 Å². The normalized spacial score (nSPS) is 17.6. The van der Waals surface area contributed by atoms with E-state index in [1.807, 2.05) is 0 Å². The van der Waals surface area contributed by atoms with Gasteiger partial charge in [0.2, 0.25) is 0 Å². The Morgan fingerprint density at radius 1 is 1.24 bits per heavy atom. The van der Waals surface area contributed by atoms with Crippen molar-refractivity contribution < 1.29 is 0 Å². The van der Waals surface area contributed by atoms with Crippen molar-refractivity contribution >= 4 is 5.69 Å². The van der Waals surface area contributed by atoms with Gasteiger partial charge in [-0.3, -0.25) is 0 Å². The molecule has 0 aromatic heterocycles. The van der Waals surface area contributed by atoms with Gasteiger partial charge < -0.3 is 10.2 Å². The molecule has 1 aromatic carbocycles. The molecule has 1 aliphatic rings. The van der Waals surface area contributed by atoms with Crippen LogP contribution in [-0.2, 0) is 0 Å². The van der Waals surface area contributed by atoms with E-state index in [9.17, 15) is 0 Å². The standard InChI is InChI=1S/C19H30N2/c1-6-20-15(2)17-9-7-8-10-18(17)21-13-11-16(12-14-21)19(3,4)5/h7-11,15,20H,6,12-14H2,1-5H3. The number of para-hydroxylation sites is 1. The lowest BCUT2D eigenvalue weighted by molar-refractivity contribution is 0.472. The first kappa shape index (κ1) is 16.1. The van der Waals surface area contributed by atoms with Crippen LogP contribution in [0.2, 0.25) is 0 Å². The maximum absolute atomic E-state index is 3.53. The first-order valence-electron chi connectivity index (χ1n) is 8.20. The van der Waals surface area contributed by atoms with Crippen LogP contribution in [0.1, 0.15) is 52.6 Å². The molecule has 0 saturated heterocycles. The molecule has 0 amide bonds. The fourth-order valence-electron chi connectivity index (χ4n) is 3.13. The van der Waals surface area contributed by atoms with Gasteiger partial charge in [-0.25, -0.2) is 0 Å². The molecule has 2 nitrogen and oxygen atoms in total. The van der Waals surface area contributed by atoms with Gasteiger partial charge in [0, 0.05) is 24.8 Å². The average molecular weight is 286 g/mol. The van der Waals surface area contributed by atoms with Gasteiger partial charge in [0.05, 0.1) is 0 Å². The molecule has 1 unspecified atom stereocenters. The van der Waals surface area contributed by atoms with Crippen LogP contribution in [-0.4, -0.2) is 19.6 Å². The Kier molecular flexibility index (Phi) is 5.10. The number of nitrogens with zero attached hydrogens (tertiary/aromatic N) is 1. The van der Waals surface area contributed by atoms with Crippen molar-refractivity contribution in [2.75, 3.05) is 24.5 Å². The summed E-state index contributed by atoms with van der Waals surface area (Å²) >= 11 is 0. The minimum absolute atomic E-state index is 0.308. The number of hydrogen-bond acceptors (Lipinski definition) is 2. The molecule has 1 heterocycles. The van der Waals surface area contributed by atoms with Crippen molar-refractivity contribution in [2.45, 2.75) is 47.1 Å². The van der Waals surface area contributed by atoms with E-state index >= 15 is 0 Å². The molecule has 1 N–H and O–H groups in total. The second-order valence-corrected chi connectivity index (χ2v) is 7.01. The van der Waals surface area contributed by atoms with Gasteiger partial charge in [0.15, 0.2) is 0 Å². The van der Waals surface area contributed by atoms with Gasteiger partial charge in [-0.1, -0.05) is 57.5 Å². The molecular weight excluding hydrogens is 256 g/mol. The van der Waals surface area contributed by atoms with Crippen LogP contribution in [0.5, 0.6) is 0 Å². The first-order chi connectivity index (χ1) is 9.93. The Bertz CT molecular complexity index is 497. The fourth-order valence-corrected chi connectivity index (χ4v) is 3.13. The lowest BCUT2D eigenvalue weighted by atomic mass is 9.83. The maximum Gasteiger partial charge on any atom is 0.0417 e. The smallest absolute Gasteiger partial charge is 0.0417 e. The summed E-state index contributed by atoms with van der Waals surface area (Å²) in [5, 5.41) is 3.53. The van der Waals surface area contributed by atoms with E-state index in [-0.39, 0.29) is 0 Å². The largest absolute Gasteiger partial charge is 0.367 e. The highest BCUT2D eigenvalue weighted by Gasteiger charge is 2.22. The Balaban J connectivity index is 2.19. The van der Waals surface area contributed by atoms with Crippen molar-refractivity contribution in [1.82, 2.24) is 5.32 Å². The monoisotopic (exact) mass is 286 g/mol. The summed E-state index contributed by atoms with van der Waals surface area (Å²) < 4.78 is 0. The SMILES string of the molecule is CCNC(C)c1ccccc1N1CC=C(C(C)(C)C)CC1. The highest BCUT2D eigenvalue weighted by molar-refractivity contribution is 5.56. The van der Waals surface area contributed by atoms with Gasteiger partial charge in [-0.2, -0.15) is 0 Å². The van der Waals surface area contributed by atoms with Crippen LogP contribution in [0.3, 0.4) is 0 Å². The molecule has 21 heavy (non-hydrogen) atoms. The van der Waals surface area contributed by atoms with E-state index in [2.05, 4.69) is 75.2 Å². The summed E-state index contributed by atoms with van der Waals surface area (Å²) in [6.07, 6.45) is 3.60. The molecule has 0 radical (unpaired) electrons. The first-order valence-corrected chi connectivity index (χ1v) is 8.20. The summed E-state index contributed by atoms with van der Waals surface area (Å²) in [5.74, 6) is 0. The Morgan fingerprint density at radius 3 is 2.52 bits per heavy atom. The van der Waals surface area contributed by atoms with Gasteiger partial charge in [-0.15, -0.1) is 0 Å². The molecule has 0 aliphatic carbocycles. The van der Waals surface area contributed by atoms with Gasteiger partial charge in [0.25, 0.3) is 0 Å². The van der Waals surface area contributed by atoms with Gasteiger partial charge >= 0.3 is 0 Å². The van der Waals surface area contributed by atoms with E-state index in [0.717, 1.165) is 19.6 Å². The molecule has 0 fully saturated rings. The van der Waals surface area contributed by atoms with Crippen LogP contribution < -0.4 is 10.2 Å². The summed E-state index contributed by atoms with van der Waals surface area (Å²) in [6.45, 7) is 14.5. The highest BCUT2D eigenvalue weighted by Crippen LogP contribution is 2.33. The van der Waals surface area contributed by atoms with Crippen LogP contribution in [0.25, 0.3) is 0 Å². The van der Waals surface area contributed by atoms with E-state index in [4.69, 9.17) is 0 Å². The van der Waals surface area contributed by atoms with E-state index in [0.29, 0.717) is 11.5 Å². The number of anilines is 1. The van der Waals surface area contributed by atoms with Crippen molar-refractivity contribution in [3.05, 3.63) is 41.5 Å². The Hall–Kier alpha value is -1.28. The predicted octanol–water partition coefficient (Wildman–Crippen LogP) is 4.54. The second-order valence-electron chi connectivity index (χ2n) is 7.01. The predicted molar refractivity (Wildman–Crippen MR) is 92.9 cm³/mol. The molecule has 0 spiro atoms. The molecule has 1 aromatic rings. The number of benzene rings is 1. The van der Waals surface area contributed by atoms with Crippen molar-refractivity contribution in [1.29, 1.82) is 0 Å². The molecule has 116 valence electrons. The van der Waals surface area contributed by atoms with E-state index in [1.54, 1.807) is 5.57 Å². The molecule has 1 aliphatic heterocycles. The van der Waals surface area contributed by atoms with Crippen molar-refractivity contribution in [3.63, 3.8) is 0 Å². The highest BCUT2D eigenvalue weighted by atomic mass is 15.1. The topological polar surface area (TPSA) is 15.3 Å². The molecular formula is C19H30N2. The zero-order valence-electron chi connectivity index (χ0n) is 14.2. The molecule has 2 heteroatoms. The zero-order valence-corrected chi connectivity index (χ0v) is 14.2. The third kappa shape index (κ3) is 3.88. The average Bonchev–Trinajstić information content (AvgIpc) is 2.47. The Morgan fingerprint density at radius 2 is 1.95 bits per heavy atom. The summed E-state index contributed by atoms with van der Waals surface area (Å²) in [6, 6.07) is 9.22. The number of rotatable bonds is 4. The minimum atomic E-state index is 0.308. The third-order valence-corrected chi connectivity index (χ3v) is 4.43. The third-order valence-electron chi connectivity index (χ3n) is 4.43. The summed E-state index contributed by atoms with van der Waals surface area (Å²) in [4.78, 5) is 2.51. The fraction of sp³-hybridized carbons (Fsp3) is 0.579. The minimum Gasteiger partial charge on any atom is -0.367 e. The van der Waals surface area contributed by atoms with Crippen molar-refractivity contribution in [3.8, 4) is 0 Å². The van der Waals surface area contributed by atoms with E-state index < -0.39 is 0 Å². The van der Waals surface area contributed by atoms with Crippen LogP contribution >= 0.6 is 0 Å².